The molecule has 0 aliphatic heterocycles. The van der Waals surface area contributed by atoms with Gasteiger partial charge in [0.1, 0.15) is 16.5 Å². The molecule has 0 atom stereocenters. The molecule has 140 valence electrons. The van der Waals surface area contributed by atoms with E-state index in [1.54, 1.807) is 7.05 Å². The van der Waals surface area contributed by atoms with Gasteiger partial charge in [0.2, 0.25) is 15.9 Å². The summed E-state index contributed by atoms with van der Waals surface area (Å²) in [7, 11) is 0.0794. The number of carbonyl (C=O) groups is 1. The van der Waals surface area contributed by atoms with Gasteiger partial charge in [-0.1, -0.05) is 30.3 Å². The van der Waals surface area contributed by atoms with Crippen LogP contribution in [0.1, 0.15) is 5.56 Å². The molecular weight excluding hydrogens is 359 g/mol. The van der Waals surface area contributed by atoms with Gasteiger partial charge in [0.25, 0.3) is 0 Å². The quantitative estimate of drug-likeness (QED) is 0.738. The number of ether oxygens (including phenoxy) is 1. The Morgan fingerprint density at radius 2 is 1.77 bits per heavy atom. The minimum absolute atomic E-state index is 0.0170. The first-order chi connectivity index (χ1) is 12.3. The van der Waals surface area contributed by atoms with Crippen LogP contribution in [0.2, 0.25) is 0 Å². The summed E-state index contributed by atoms with van der Waals surface area (Å²) in [4.78, 5) is 13.5. The maximum Gasteiger partial charge on any atom is 0.247 e. The van der Waals surface area contributed by atoms with Crippen molar-refractivity contribution >= 4 is 15.9 Å². The van der Waals surface area contributed by atoms with Gasteiger partial charge < -0.3 is 9.64 Å². The predicted molar refractivity (Wildman–Crippen MR) is 95.7 cm³/mol. The molecule has 0 unspecified atom stereocenters. The van der Waals surface area contributed by atoms with Crippen LogP contribution in [0.3, 0.4) is 0 Å². The minimum atomic E-state index is -4.08. The Kier molecular flexibility index (Phi) is 6.33. The molecule has 0 saturated carbocycles. The Morgan fingerprint density at radius 1 is 1.12 bits per heavy atom. The number of methoxy groups -OCH3 is 1. The summed E-state index contributed by atoms with van der Waals surface area (Å²) in [5.41, 5.74) is 0.931. The number of hydrogen-bond donors (Lipinski definition) is 0. The Morgan fingerprint density at radius 3 is 2.38 bits per heavy atom. The van der Waals surface area contributed by atoms with Crippen LogP contribution in [-0.4, -0.2) is 51.3 Å². The van der Waals surface area contributed by atoms with Crippen LogP contribution in [-0.2, 0) is 21.4 Å². The highest BCUT2D eigenvalue weighted by Crippen LogP contribution is 2.26. The van der Waals surface area contributed by atoms with Gasteiger partial charge in [-0.2, -0.15) is 4.31 Å². The molecule has 0 N–H and O–H groups in total. The Bertz CT molecular complexity index is 872. The molecular formula is C18H21FN2O4S. The number of halogens is 1. The number of hydrogen-bond acceptors (Lipinski definition) is 4. The van der Waals surface area contributed by atoms with Crippen LogP contribution in [0, 0.1) is 5.82 Å². The summed E-state index contributed by atoms with van der Waals surface area (Å²) < 4.78 is 44.8. The van der Waals surface area contributed by atoms with E-state index in [1.807, 2.05) is 30.3 Å². The van der Waals surface area contributed by atoms with Gasteiger partial charge in [0.05, 0.1) is 13.7 Å². The van der Waals surface area contributed by atoms with Gasteiger partial charge in [0, 0.05) is 20.6 Å². The molecule has 0 heterocycles. The molecule has 0 aliphatic carbocycles. The van der Waals surface area contributed by atoms with Crippen LogP contribution in [0.5, 0.6) is 5.75 Å². The van der Waals surface area contributed by atoms with Gasteiger partial charge in [0.15, 0.2) is 0 Å². The normalized spacial score (nSPS) is 11.4. The number of likely N-dealkylation sites (N-methyl/N-ethyl adjacent to an activating group) is 2. The summed E-state index contributed by atoms with van der Waals surface area (Å²) in [5, 5.41) is 0. The zero-order chi connectivity index (χ0) is 19.3. The highest BCUT2D eigenvalue weighted by atomic mass is 32.2. The van der Waals surface area contributed by atoms with E-state index < -0.39 is 15.8 Å². The van der Waals surface area contributed by atoms with Crippen LogP contribution in [0.4, 0.5) is 4.39 Å². The van der Waals surface area contributed by atoms with Crippen molar-refractivity contribution < 1.29 is 22.3 Å². The zero-order valence-electron chi connectivity index (χ0n) is 14.8. The highest BCUT2D eigenvalue weighted by Gasteiger charge is 2.28. The van der Waals surface area contributed by atoms with Gasteiger partial charge in [-0.25, -0.2) is 12.8 Å². The van der Waals surface area contributed by atoms with Gasteiger partial charge >= 0.3 is 0 Å². The molecule has 2 aromatic carbocycles. The fourth-order valence-electron chi connectivity index (χ4n) is 2.36. The first-order valence-corrected chi connectivity index (χ1v) is 9.27. The van der Waals surface area contributed by atoms with Crippen molar-refractivity contribution in [2.24, 2.45) is 0 Å². The molecule has 2 rings (SSSR count). The number of carbonyl (C=O) groups excluding carboxylic acids is 1. The van der Waals surface area contributed by atoms with Crippen molar-refractivity contribution in [2.75, 3.05) is 27.7 Å². The maximum atomic E-state index is 13.5. The third-order valence-corrected chi connectivity index (χ3v) is 5.68. The largest absolute Gasteiger partial charge is 0.495 e. The summed E-state index contributed by atoms with van der Waals surface area (Å²) >= 11 is 0. The number of nitrogens with zero attached hydrogens (tertiary/aromatic N) is 2. The Balaban J connectivity index is 2.14. The average Bonchev–Trinajstić information content (AvgIpc) is 2.62. The van der Waals surface area contributed by atoms with E-state index in [2.05, 4.69) is 0 Å². The third kappa shape index (κ3) is 4.59. The van der Waals surface area contributed by atoms with E-state index in [4.69, 9.17) is 4.74 Å². The number of amides is 1. The van der Waals surface area contributed by atoms with Crippen LogP contribution in [0.15, 0.2) is 53.4 Å². The molecule has 6 nitrogen and oxygen atoms in total. The number of rotatable bonds is 7. The van der Waals surface area contributed by atoms with E-state index in [1.165, 1.54) is 25.1 Å². The minimum Gasteiger partial charge on any atom is -0.495 e. The molecule has 26 heavy (non-hydrogen) atoms. The summed E-state index contributed by atoms with van der Waals surface area (Å²) in [6.07, 6.45) is 0. The lowest BCUT2D eigenvalue weighted by Crippen LogP contribution is -2.39. The second kappa shape index (κ2) is 8.29. The molecule has 0 spiro atoms. The second-order valence-electron chi connectivity index (χ2n) is 5.79. The van der Waals surface area contributed by atoms with Crippen molar-refractivity contribution in [3.8, 4) is 5.75 Å². The van der Waals surface area contributed by atoms with E-state index in [0.29, 0.717) is 6.54 Å². The van der Waals surface area contributed by atoms with E-state index in [0.717, 1.165) is 22.0 Å². The van der Waals surface area contributed by atoms with E-state index >= 15 is 0 Å². The molecule has 8 heteroatoms. The zero-order valence-corrected chi connectivity index (χ0v) is 15.7. The van der Waals surface area contributed by atoms with Crippen molar-refractivity contribution in [1.82, 2.24) is 9.21 Å². The number of benzene rings is 2. The van der Waals surface area contributed by atoms with Crippen molar-refractivity contribution in [2.45, 2.75) is 11.4 Å². The second-order valence-corrected chi connectivity index (χ2v) is 7.80. The summed E-state index contributed by atoms with van der Waals surface area (Å²) in [6, 6.07) is 12.6. The smallest absolute Gasteiger partial charge is 0.247 e. The lowest BCUT2D eigenvalue weighted by molar-refractivity contribution is -0.130. The SMILES string of the molecule is COc1ccc(F)cc1S(=O)(=O)N(C)CC(=O)N(C)Cc1ccccc1. The molecule has 0 saturated heterocycles. The lowest BCUT2D eigenvalue weighted by Gasteiger charge is -2.22. The molecule has 1 amide bonds. The molecule has 0 fully saturated rings. The van der Waals surface area contributed by atoms with Crippen LogP contribution < -0.4 is 4.74 Å². The van der Waals surface area contributed by atoms with Crippen LogP contribution >= 0.6 is 0 Å². The first-order valence-electron chi connectivity index (χ1n) is 7.83. The van der Waals surface area contributed by atoms with E-state index in [9.17, 15) is 17.6 Å². The van der Waals surface area contributed by atoms with Gasteiger partial charge in [-0.15, -0.1) is 0 Å². The van der Waals surface area contributed by atoms with Crippen molar-refractivity contribution in [3.63, 3.8) is 0 Å². The average molecular weight is 380 g/mol. The molecule has 2 aromatic rings. The fraction of sp³-hybridized carbons (Fsp3) is 0.278. The molecule has 0 aliphatic rings. The standard InChI is InChI=1S/C18H21FN2O4S/c1-20(12-14-7-5-4-6-8-14)18(22)13-21(2)26(23,24)17-11-15(19)9-10-16(17)25-3/h4-11H,12-13H2,1-3H3. The lowest BCUT2D eigenvalue weighted by atomic mass is 10.2. The van der Waals surface area contributed by atoms with Gasteiger partial charge in [-0.3, -0.25) is 4.79 Å². The monoisotopic (exact) mass is 380 g/mol. The van der Waals surface area contributed by atoms with Crippen molar-refractivity contribution in [3.05, 3.63) is 59.9 Å². The molecule has 0 aromatic heterocycles. The van der Waals surface area contributed by atoms with Crippen molar-refractivity contribution in [1.29, 1.82) is 0 Å². The van der Waals surface area contributed by atoms with E-state index in [-0.39, 0.29) is 23.1 Å². The molecule has 0 radical (unpaired) electrons. The summed E-state index contributed by atoms with van der Waals surface area (Å²) in [5.74, 6) is -1.07. The maximum absolute atomic E-state index is 13.5. The Labute approximate surface area is 152 Å². The predicted octanol–water partition coefficient (Wildman–Crippen LogP) is 2.11. The third-order valence-electron chi connectivity index (χ3n) is 3.86. The number of sulfonamides is 1. The summed E-state index contributed by atoms with van der Waals surface area (Å²) in [6.45, 7) is -0.0117. The van der Waals surface area contributed by atoms with Gasteiger partial charge in [-0.05, 0) is 23.8 Å². The first kappa shape index (κ1) is 19.9. The van der Waals surface area contributed by atoms with Crippen LogP contribution in [0.25, 0.3) is 0 Å². The Hall–Kier alpha value is -2.45. The fourth-order valence-corrected chi connectivity index (χ4v) is 3.64. The topological polar surface area (TPSA) is 66.9 Å². The molecule has 0 bridgehead atoms. The highest BCUT2D eigenvalue weighted by molar-refractivity contribution is 7.89.